The van der Waals surface area contributed by atoms with Crippen molar-refractivity contribution in [3.63, 3.8) is 0 Å². The lowest BCUT2D eigenvalue weighted by Crippen LogP contribution is -2.46. The van der Waals surface area contributed by atoms with Gasteiger partial charge in [-0.2, -0.15) is 0 Å². The number of pyridine rings is 1. The van der Waals surface area contributed by atoms with Crippen LogP contribution in [-0.2, 0) is 13.1 Å². The standard InChI is InChI=1S/C22H32N6/c1-4-27-10-12-28(13-11-27)21-9-8-20(16-24-21)17-26-22(23-3)25-15-19-7-5-6-18(2)14-19/h5-9,14,16H,4,10-13,15,17H2,1-3H3,(H2,23,25,26). The molecule has 1 aromatic carbocycles. The predicted molar refractivity (Wildman–Crippen MR) is 117 cm³/mol. The first-order valence-corrected chi connectivity index (χ1v) is 10.1. The first-order chi connectivity index (χ1) is 13.7. The largest absolute Gasteiger partial charge is 0.354 e. The third-order valence-corrected chi connectivity index (χ3v) is 5.18. The Bertz CT molecular complexity index is 763. The highest BCUT2D eigenvalue weighted by Gasteiger charge is 2.16. The molecule has 1 fully saturated rings. The normalized spacial score (nSPS) is 15.5. The number of hydrogen-bond donors (Lipinski definition) is 2. The number of nitrogens with one attached hydrogen (secondary N) is 2. The zero-order valence-corrected chi connectivity index (χ0v) is 17.3. The summed E-state index contributed by atoms with van der Waals surface area (Å²) < 4.78 is 0. The number of rotatable bonds is 6. The van der Waals surface area contributed by atoms with E-state index in [0.29, 0.717) is 6.54 Å². The minimum atomic E-state index is 0.699. The van der Waals surface area contributed by atoms with Gasteiger partial charge in [0, 0.05) is 52.5 Å². The van der Waals surface area contributed by atoms with Gasteiger partial charge in [0.25, 0.3) is 0 Å². The predicted octanol–water partition coefficient (Wildman–Crippen LogP) is 2.40. The lowest BCUT2D eigenvalue weighted by molar-refractivity contribution is 0.270. The minimum Gasteiger partial charge on any atom is -0.354 e. The van der Waals surface area contributed by atoms with Crippen LogP contribution in [0.5, 0.6) is 0 Å². The van der Waals surface area contributed by atoms with Crippen molar-refractivity contribution >= 4 is 11.8 Å². The van der Waals surface area contributed by atoms with Gasteiger partial charge in [-0.3, -0.25) is 4.99 Å². The van der Waals surface area contributed by atoms with Gasteiger partial charge in [-0.05, 0) is 30.7 Å². The molecule has 0 aliphatic carbocycles. The molecule has 0 saturated carbocycles. The molecule has 2 N–H and O–H groups in total. The molecule has 1 aliphatic heterocycles. The number of hydrogen-bond acceptors (Lipinski definition) is 4. The fraction of sp³-hybridized carbons (Fsp3) is 0.455. The summed E-state index contributed by atoms with van der Waals surface area (Å²) >= 11 is 0. The molecule has 2 aromatic rings. The summed E-state index contributed by atoms with van der Waals surface area (Å²) in [6.07, 6.45) is 1.96. The van der Waals surface area contributed by atoms with E-state index in [1.807, 2.05) is 6.20 Å². The second kappa shape index (κ2) is 10.1. The number of aromatic nitrogens is 1. The molecule has 0 spiro atoms. The van der Waals surface area contributed by atoms with E-state index in [9.17, 15) is 0 Å². The van der Waals surface area contributed by atoms with Gasteiger partial charge in [-0.25, -0.2) is 4.98 Å². The Balaban J connectivity index is 1.47. The van der Waals surface area contributed by atoms with Gasteiger partial charge in [0.15, 0.2) is 5.96 Å². The van der Waals surface area contributed by atoms with Gasteiger partial charge in [-0.15, -0.1) is 0 Å². The maximum atomic E-state index is 4.67. The number of aryl methyl sites for hydroxylation is 1. The summed E-state index contributed by atoms with van der Waals surface area (Å²) in [5.41, 5.74) is 3.66. The van der Waals surface area contributed by atoms with E-state index in [0.717, 1.165) is 56.6 Å². The quantitative estimate of drug-likeness (QED) is 0.595. The molecule has 0 radical (unpaired) electrons. The van der Waals surface area contributed by atoms with Crippen molar-refractivity contribution < 1.29 is 0 Å². The average Bonchev–Trinajstić information content (AvgIpc) is 2.74. The maximum Gasteiger partial charge on any atom is 0.191 e. The fourth-order valence-electron chi connectivity index (χ4n) is 3.42. The first-order valence-electron chi connectivity index (χ1n) is 10.1. The Kier molecular flexibility index (Phi) is 7.25. The van der Waals surface area contributed by atoms with E-state index in [-0.39, 0.29) is 0 Å². The third kappa shape index (κ3) is 5.70. The number of aliphatic imine (C=N–C) groups is 1. The van der Waals surface area contributed by atoms with Crippen LogP contribution >= 0.6 is 0 Å². The second-order valence-corrected chi connectivity index (χ2v) is 7.21. The highest BCUT2D eigenvalue weighted by atomic mass is 15.3. The van der Waals surface area contributed by atoms with Crippen LogP contribution in [0.1, 0.15) is 23.6 Å². The number of nitrogens with zero attached hydrogens (tertiary/aromatic N) is 4. The Hall–Kier alpha value is -2.60. The average molecular weight is 381 g/mol. The highest BCUT2D eigenvalue weighted by molar-refractivity contribution is 5.79. The van der Waals surface area contributed by atoms with Crippen molar-refractivity contribution in [1.82, 2.24) is 20.5 Å². The maximum absolute atomic E-state index is 4.67. The van der Waals surface area contributed by atoms with Gasteiger partial charge in [-0.1, -0.05) is 42.8 Å². The molecule has 3 rings (SSSR count). The van der Waals surface area contributed by atoms with Crippen LogP contribution < -0.4 is 15.5 Å². The molecule has 0 unspecified atom stereocenters. The smallest absolute Gasteiger partial charge is 0.191 e. The van der Waals surface area contributed by atoms with E-state index < -0.39 is 0 Å². The van der Waals surface area contributed by atoms with Crippen molar-refractivity contribution in [1.29, 1.82) is 0 Å². The summed E-state index contributed by atoms with van der Waals surface area (Å²) in [5.74, 6) is 1.86. The summed E-state index contributed by atoms with van der Waals surface area (Å²) in [6, 6.07) is 12.8. The molecule has 6 nitrogen and oxygen atoms in total. The van der Waals surface area contributed by atoms with Crippen molar-refractivity contribution in [2.75, 3.05) is 44.7 Å². The first kappa shape index (κ1) is 20.1. The summed E-state index contributed by atoms with van der Waals surface area (Å²) in [5, 5.41) is 6.72. The molecule has 6 heteroatoms. The SMILES string of the molecule is CCN1CCN(c2ccc(CNC(=NC)NCc3cccc(C)c3)cn2)CC1. The van der Waals surface area contributed by atoms with Gasteiger partial charge in [0.2, 0.25) is 0 Å². The minimum absolute atomic E-state index is 0.699. The van der Waals surface area contributed by atoms with Crippen molar-refractivity contribution in [2.45, 2.75) is 26.9 Å². The van der Waals surface area contributed by atoms with Crippen molar-refractivity contribution in [2.24, 2.45) is 4.99 Å². The molecule has 2 heterocycles. The molecule has 1 aliphatic rings. The molecule has 1 aromatic heterocycles. The number of benzene rings is 1. The third-order valence-electron chi connectivity index (χ3n) is 5.18. The van der Waals surface area contributed by atoms with Gasteiger partial charge in [0.1, 0.15) is 5.82 Å². The van der Waals surface area contributed by atoms with Crippen LogP contribution in [0, 0.1) is 6.92 Å². The van der Waals surface area contributed by atoms with Crippen LogP contribution in [-0.4, -0.2) is 55.6 Å². The summed E-state index contributed by atoms with van der Waals surface area (Å²) in [6.45, 7) is 11.2. The van der Waals surface area contributed by atoms with E-state index >= 15 is 0 Å². The van der Waals surface area contributed by atoms with Crippen LogP contribution in [0.2, 0.25) is 0 Å². The van der Waals surface area contributed by atoms with Gasteiger partial charge in [0.05, 0.1) is 0 Å². The second-order valence-electron chi connectivity index (χ2n) is 7.21. The molecular formula is C22H32N6. The Morgan fingerprint density at radius 2 is 1.79 bits per heavy atom. The van der Waals surface area contributed by atoms with E-state index in [2.05, 4.69) is 80.7 Å². The number of anilines is 1. The fourth-order valence-corrected chi connectivity index (χ4v) is 3.42. The molecule has 150 valence electrons. The van der Waals surface area contributed by atoms with Gasteiger partial charge < -0.3 is 20.4 Å². The highest BCUT2D eigenvalue weighted by Crippen LogP contribution is 2.14. The number of piperazine rings is 1. The molecule has 0 atom stereocenters. The Morgan fingerprint density at radius 3 is 2.39 bits per heavy atom. The summed E-state index contributed by atoms with van der Waals surface area (Å²) in [4.78, 5) is 13.8. The molecule has 1 saturated heterocycles. The lowest BCUT2D eigenvalue weighted by Gasteiger charge is -2.34. The molecular weight excluding hydrogens is 348 g/mol. The Labute approximate surface area is 168 Å². The van der Waals surface area contributed by atoms with E-state index in [4.69, 9.17) is 0 Å². The van der Waals surface area contributed by atoms with Crippen LogP contribution in [0.3, 0.4) is 0 Å². The van der Waals surface area contributed by atoms with Crippen LogP contribution in [0.15, 0.2) is 47.6 Å². The Morgan fingerprint density at radius 1 is 1.04 bits per heavy atom. The topological polar surface area (TPSA) is 55.8 Å². The van der Waals surface area contributed by atoms with Crippen LogP contribution in [0.4, 0.5) is 5.82 Å². The monoisotopic (exact) mass is 380 g/mol. The van der Waals surface area contributed by atoms with Crippen LogP contribution in [0.25, 0.3) is 0 Å². The molecule has 28 heavy (non-hydrogen) atoms. The summed E-state index contributed by atoms with van der Waals surface area (Å²) in [7, 11) is 1.79. The number of likely N-dealkylation sites (N-methyl/N-ethyl adjacent to an activating group) is 1. The van der Waals surface area contributed by atoms with Gasteiger partial charge >= 0.3 is 0 Å². The zero-order chi connectivity index (χ0) is 19.8. The van der Waals surface area contributed by atoms with Crippen molar-refractivity contribution in [3.8, 4) is 0 Å². The zero-order valence-electron chi connectivity index (χ0n) is 17.3. The molecule has 0 amide bonds. The number of guanidine groups is 1. The van der Waals surface area contributed by atoms with E-state index in [1.165, 1.54) is 11.1 Å². The van der Waals surface area contributed by atoms with Crippen molar-refractivity contribution in [3.05, 3.63) is 59.3 Å². The molecule has 0 bridgehead atoms. The van der Waals surface area contributed by atoms with E-state index in [1.54, 1.807) is 7.05 Å². The lowest BCUT2D eigenvalue weighted by atomic mass is 10.1.